The fourth-order valence-electron chi connectivity index (χ4n) is 2.12. The van der Waals surface area contributed by atoms with Gasteiger partial charge in [-0.2, -0.15) is 0 Å². The highest BCUT2D eigenvalue weighted by molar-refractivity contribution is 5.96. The summed E-state index contributed by atoms with van der Waals surface area (Å²) < 4.78 is 5.43. The molecule has 1 fully saturated rings. The van der Waals surface area contributed by atoms with E-state index in [4.69, 9.17) is 4.74 Å². The van der Waals surface area contributed by atoms with Gasteiger partial charge < -0.3 is 9.64 Å². The van der Waals surface area contributed by atoms with Crippen LogP contribution >= 0.6 is 0 Å². The number of ether oxygens (including phenoxy) is 1. The van der Waals surface area contributed by atoms with Gasteiger partial charge in [0.1, 0.15) is 5.56 Å². The molecule has 0 unspecified atom stereocenters. The Kier molecular flexibility index (Phi) is 3.84. The number of amides is 1. The van der Waals surface area contributed by atoms with Gasteiger partial charge in [-0.15, -0.1) is 0 Å². The van der Waals surface area contributed by atoms with Crippen molar-refractivity contribution in [3.05, 3.63) is 23.9 Å². The summed E-state index contributed by atoms with van der Waals surface area (Å²) in [5.74, 6) is 0.473. The topological polar surface area (TPSA) is 42.4 Å². The zero-order valence-electron chi connectivity index (χ0n) is 11.2. The molecule has 0 bridgehead atoms. The number of hydrogen-bond donors (Lipinski definition) is 0. The first-order chi connectivity index (χ1) is 8.65. The molecule has 1 aromatic heterocycles. The number of carbonyl (C=O) groups excluding carboxylic acids is 1. The van der Waals surface area contributed by atoms with Crippen LogP contribution in [-0.2, 0) is 0 Å². The molecule has 4 nitrogen and oxygen atoms in total. The second-order valence-corrected chi connectivity index (χ2v) is 4.83. The Hall–Kier alpha value is -1.58. The molecule has 0 aromatic carbocycles. The molecule has 18 heavy (non-hydrogen) atoms. The molecule has 1 heterocycles. The van der Waals surface area contributed by atoms with Gasteiger partial charge in [0.15, 0.2) is 0 Å². The fraction of sp³-hybridized carbons (Fsp3) is 0.571. The number of carbonyl (C=O) groups is 1. The average Bonchev–Trinajstić information content (AvgIpc) is 3.14. The van der Waals surface area contributed by atoms with E-state index in [1.54, 1.807) is 18.3 Å². The van der Waals surface area contributed by atoms with Crippen molar-refractivity contribution < 1.29 is 9.53 Å². The van der Waals surface area contributed by atoms with Crippen molar-refractivity contribution in [1.82, 2.24) is 9.88 Å². The van der Waals surface area contributed by atoms with Crippen LogP contribution in [-0.4, -0.2) is 34.5 Å². The molecule has 1 saturated carbocycles. The summed E-state index contributed by atoms with van der Waals surface area (Å²) in [5, 5.41) is 0. The Morgan fingerprint density at radius 2 is 2.28 bits per heavy atom. The van der Waals surface area contributed by atoms with Crippen LogP contribution in [0.1, 0.15) is 44.0 Å². The third kappa shape index (κ3) is 2.63. The Balaban J connectivity index is 2.26. The highest BCUT2D eigenvalue weighted by Crippen LogP contribution is 2.31. The van der Waals surface area contributed by atoms with Gasteiger partial charge in [0.05, 0.1) is 6.61 Å². The second-order valence-electron chi connectivity index (χ2n) is 4.83. The van der Waals surface area contributed by atoms with E-state index in [0.717, 1.165) is 12.8 Å². The minimum atomic E-state index is 0.0315. The SMILES string of the molecule is CCOc1ncccc1C(=O)N(C(C)C)C1CC1. The maximum atomic E-state index is 12.6. The van der Waals surface area contributed by atoms with Gasteiger partial charge in [0.2, 0.25) is 5.88 Å². The van der Waals surface area contributed by atoms with E-state index >= 15 is 0 Å². The number of hydrogen-bond acceptors (Lipinski definition) is 3. The van der Waals surface area contributed by atoms with Crippen LogP contribution in [0.5, 0.6) is 5.88 Å². The molecule has 1 aromatic rings. The smallest absolute Gasteiger partial charge is 0.259 e. The lowest BCUT2D eigenvalue weighted by molar-refractivity contribution is 0.0685. The zero-order chi connectivity index (χ0) is 13.1. The largest absolute Gasteiger partial charge is 0.477 e. The van der Waals surface area contributed by atoms with Crippen molar-refractivity contribution in [3.63, 3.8) is 0 Å². The molecular weight excluding hydrogens is 228 g/mol. The van der Waals surface area contributed by atoms with Crippen LogP contribution in [0.2, 0.25) is 0 Å². The van der Waals surface area contributed by atoms with Crippen LogP contribution < -0.4 is 4.74 Å². The molecule has 98 valence electrons. The van der Waals surface area contributed by atoms with E-state index in [1.807, 2.05) is 25.7 Å². The third-order valence-corrected chi connectivity index (χ3v) is 3.01. The molecule has 0 N–H and O–H groups in total. The van der Waals surface area contributed by atoms with E-state index in [-0.39, 0.29) is 11.9 Å². The van der Waals surface area contributed by atoms with E-state index in [0.29, 0.717) is 24.1 Å². The van der Waals surface area contributed by atoms with E-state index < -0.39 is 0 Å². The molecule has 0 aliphatic heterocycles. The molecular formula is C14H20N2O2. The van der Waals surface area contributed by atoms with Gasteiger partial charge in [0, 0.05) is 18.3 Å². The summed E-state index contributed by atoms with van der Waals surface area (Å²) >= 11 is 0. The maximum absolute atomic E-state index is 12.6. The van der Waals surface area contributed by atoms with Gasteiger partial charge in [-0.3, -0.25) is 4.79 Å². The van der Waals surface area contributed by atoms with E-state index in [2.05, 4.69) is 4.98 Å². The molecule has 1 amide bonds. The summed E-state index contributed by atoms with van der Waals surface area (Å²) in [7, 11) is 0. The van der Waals surface area contributed by atoms with E-state index in [1.165, 1.54) is 0 Å². The predicted molar refractivity (Wildman–Crippen MR) is 69.7 cm³/mol. The van der Waals surface area contributed by atoms with Crippen molar-refractivity contribution in [1.29, 1.82) is 0 Å². The van der Waals surface area contributed by atoms with Gasteiger partial charge in [0.25, 0.3) is 5.91 Å². The summed E-state index contributed by atoms with van der Waals surface area (Å²) in [5.41, 5.74) is 0.569. The summed E-state index contributed by atoms with van der Waals surface area (Å²) in [6.45, 7) is 6.51. The zero-order valence-corrected chi connectivity index (χ0v) is 11.2. The fourth-order valence-corrected chi connectivity index (χ4v) is 2.12. The third-order valence-electron chi connectivity index (χ3n) is 3.01. The standard InChI is InChI=1S/C14H20N2O2/c1-4-18-13-12(6-5-9-15-13)14(17)16(10(2)3)11-7-8-11/h5-6,9-11H,4,7-8H2,1-3H3. The van der Waals surface area contributed by atoms with Crippen molar-refractivity contribution in [2.24, 2.45) is 0 Å². The van der Waals surface area contributed by atoms with Crippen LogP contribution in [0, 0.1) is 0 Å². The Labute approximate surface area is 108 Å². The molecule has 0 atom stereocenters. The number of nitrogens with zero attached hydrogens (tertiary/aromatic N) is 2. The van der Waals surface area contributed by atoms with Crippen LogP contribution in [0.4, 0.5) is 0 Å². The first-order valence-electron chi connectivity index (χ1n) is 6.55. The van der Waals surface area contributed by atoms with Crippen LogP contribution in [0.25, 0.3) is 0 Å². The number of pyridine rings is 1. The Morgan fingerprint density at radius 3 is 2.83 bits per heavy atom. The Morgan fingerprint density at radius 1 is 1.56 bits per heavy atom. The van der Waals surface area contributed by atoms with Gasteiger partial charge in [-0.25, -0.2) is 4.98 Å². The van der Waals surface area contributed by atoms with Crippen molar-refractivity contribution in [3.8, 4) is 5.88 Å². The van der Waals surface area contributed by atoms with Crippen molar-refractivity contribution in [2.75, 3.05) is 6.61 Å². The number of aromatic nitrogens is 1. The molecule has 4 heteroatoms. The molecule has 1 aliphatic carbocycles. The highest BCUT2D eigenvalue weighted by Gasteiger charge is 2.35. The first-order valence-corrected chi connectivity index (χ1v) is 6.55. The molecule has 1 aliphatic rings. The van der Waals surface area contributed by atoms with E-state index in [9.17, 15) is 4.79 Å². The molecule has 0 saturated heterocycles. The maximum Gasteiger partial charge on any atom is 0.259 e. The van der Waals surface area contributed by atoms with Gasteiger partial charge >= 0.3 is 0 Å². The Bertz CT molecular complexity index is 426. The first kappa shape index (κ1) is 12.9. The lowest BCUT2D eigenvalue weighted by Gasteiger charge is -2.27. The summed E-state index contributed by atoms with van der Waals surface area (Å²) in [6.07, 6.45) is 3.86. The normalized spacial score (nSPS) is 14.7. The quantitative estimate of drug-likeness (QED) is 0.804. The summed E-state index contributed by atoms with van der Waals surface area (Å²) in [6, 6.07) is 4.17. The van der Waals surface area contributed by atoms with Gasteiger partial charge in [-0.05, 0) is 45.7 Å². The van der Waals surface area contributed by atoms with Crippen LogP contribution in [0.3, 0.4) is 0 Å². The van der Waals surface area contributed by atoms with Crippen molar-refractivity contribution in [2.45, 2.75) is 45.7 Å². The average molecular weight is 248 g/mol. The lowest BCUT2D eigenvalue weighted by Crippen LogP contribution is -2.39. The predicted octanol–water partition coefficient (Wildman–Crippen LogP) is 2.49. The van der Waals surface area contributed by atoms with Crippen molar-refractivity contribution >= 4 is 5.91 Å². The molecule has 2 rings (SSSR count). The van der Waals surface area contributed by atoms with Crippen LogP contribution in [0.15, 0.2) is 18.3 Å². The second kappa shape index (κ2) is 5.38. The summed E-state index contributed by atoms with van der Waals surface area (Å²) in [4.78, 5) is 18.7. The molecule has 0 radical (unpaired) electrons. The monoisotopic (exact) mass is 248 g/mol. The highest BCUT2D eigenvalue weighted by atomic mass is 16.5. The number of rotatable bonds is 5. The van der Waals surface area contributed by atoms with Gasteiger partial charge in [-0.1, -0.05) is 0 Å². The lowest BCUT2D eigenvalue weighted by atomic mass is 10.2. The minimum absolute atomic E-state index is 0.0315. The minimum Gasteiger partial charge on any atom is -0.477 e. The molecule has 0 spiro atoms.